The summed E-state index contributed by atoms with van der Waals surface area (Å²) in [6.07, 6.45) is 0.0276. The quantitative estimate of drug-likeness (QED) is 0.592. The average molecular weight is 375 g/mol. The Kier molecular flexibility index (Phi) is 7.15. The molecule has 3 rings (SSSR count). The molecule has 0 radical (unpaired) electrons. The minimum absolute atomic E-state index is 0. The lowest BCUT2D eigenvalue weighted by Gasteiger charge is -2.12. The molecule has 2 aromatic carbocycles. The minimum Gasteiger partial charge on any atom is -0.380 e. The maximum Gasteiger partial charge on any atom is 0.222 e. The number of halogens is 1. The van der Waals surface area contributed by atoms with Crippen LogP contribution in [-0.4, -0.2) is 35.6 Å². The van der Waals surface area contributed by atoms with Crippen LogP contribution >= 0.6 is 12.4 Å². The van der Waals surface area contributed by atoms with E-state index in [0.717, 1.165) is 28.0 Å². The van der Waals surface area contributed by atoms with E-state index < -0.39 is 0 Å². The molecule has 1 aromatic heterocycles. The molecule has 1 heterocycles. The van der Waals surface area contributed by atoms with E-state index in [1.165, 1.54) is 0 Å². The van der Waals surface area contributed by atoms with Crippen molar-refractivity contribution in [3.05, 3.63) is 54.1 Å². The summed E-state index contributed by atoms with van der Waals surface area (Å²) in [5.74, 6) is 0.765. The maximum absolute atomic E-state index is 11.9. The number of amides is 1. The Bertz CT molecular complexity index is 811. The zero-order valence-corrected chi connectivity index (χ0v) is 15.4. The Balaban J connectivity index is 0.00000243. The van der Waals surface area contributed by atoms with Gasteiger partial charge in [-0.25, -0.2) is 4.98 Å². The Labute approximate surface area is 158 Å². The number of benzene rings is 2. The van der Waals surface area contributed by atoms with E-state index >= 15 is 0 Å². The fourth-order valence-corrected chi connectivity index (χ4v) is 2.61. The number of carbonyl (C=O) groups excluding carboxylic acids is 1. The van der Waals surface area contributed by atoms with Gasteiger partial charge >= 0.3 is 0 Å². The number of aromatic amines is 1. The first-order chi connectivity index (χ1) is 12.2. The number of nitrogens with zero attached hydrogens (tertiary/aromatic N) is 1. The molecule has 0 aliphatic heterocycles. The van der Waals surface area contributed by atoms with E-state index in [9.17, 15) is 4.79 Å². The lowest BCUT2D eigenvalue weighted by atomic mass is 10.1. The second-order valence-electron chi connectivity index (χ2n) is 5.87. The summed E-state index contributed by atoms with van der Waals surface area (Å²) in [6, 6.07) is 15.9. The van der Waals surface area contributed by atoms with Gasteiger partial charge in [0.25, 0.3) is 0 Å². The van der Waals surface area contributed by atoms with E-state index in [1.54, 1.807) is 7.11 Å². The normalized spacial score (nSPS) is 11.8. The highest BCUT2D eigenvalue weighted by Gasteiger charge is 2.11. The third-order valence-electron chi connectivity index (χ3n) is 4.12. The van der Waals surface area contributed by atoms with Gasteiger partial charge in [-0.05, 0) is 17.7 Å². The summed E-state index contributed by atoms with van der Waals surface area (Å²) in [5.41, 5.74) is 9.52. The minimum atomic E-state index is -0.240. The number of hydrogen-bond acceptors (Lipinski definition) is 4. The molecule has 0 saturated heterocycles. The predicted molar refractivity (Wildman–Crippen MR) is 105 cm³/mol. The number of nitrogens with one attached hydrogen (secondary N) is 2. The summed E-state index contributed by atoms with van der Waals surface area (Å²) < 4.78 is 5.12. The third-order valence-corrected chi connectivity index (χ3v) is 4.12. The summed E-state index contributed by atoms with van der Waals surface area (Å²) in [7, 11) is 1.56. The van der Waals surface area contributed by atoms with Crippen molar-refractivity contribution in [2.24, 2.45) is 5.73 Å². The van der Waals surface area contributed by atoms with Gasteiger partial charge in [0.05, 0.1) is 23.6 Å². The summed E-state index contributed by atoms with van der Waals surface area (Å²) in [4.78, 5) is 19.8. The van der Waals surface area contributed by atoms with Crippen molar-refractivity contribution in [2.45, 2.75) is 19.1 Å². The van der Waals surface area contributed by atoms with Crippen LogP contribution < -0.4 is 11.1 Å². The monoisotopic (exact) mass is 374 g/mol. The van der Waals surface area contributed by atoms with Gasteiger partial charge in [0, 0.05) is 25.8 Å². The van der Waals surface area contributed by atoms with Crippen LogP contribution in [0.5, 0.6) is 0 Å². The van der Waals surface area contributed by atoms with Crippen molar-refractivity contribution in [1.29, 1.82) is 0 Å². The highest BCUT2D eigenvalue weighted by Crippen LogP contribution is 2.20. The molecule has 0 bridgehead atoms. The van der Waals surface area contributed by atoms with Gasteiger partial charge in [-0.15, -0.1) is 12.4 Å². The van der Waals surface area contributed by atoms with Crippen molar-refractivity contribution in [3.8, 4) is 11.4 Å². The molecule has 1 amide bonds. The smallest absolute Gasteiger partial charge is 0.222 e. The van der Waals surface area contributed by atoms with Gasteiger partial charge in [0.15, 0.2) is 0 Å². The summed E-state index contributed by atoms with van der Waals surface area (Å²) in [6.45, 7) is 0.802. The Morgan fingerprint density at radius 1 is 1.23 bits per heavy atom. The molecule has 4 N–H and O–H groups in total. The molecule has 26 heavy (non-hydrogen) atoms. The van der Waals surface area contributed by atoms with Crippen LogP contribution in [0.25, 0.3) is 22.4 Å². The molecule has 1 atom stereocenters. The van der Waals surface area contributed by atoms with Gasteiger partial charge in [-0.3, -0.25) is 4.79 Å². The first kappa shape index (κ1) is 19.9. The molecule has 0 spiro atoms. The average Bonchev–Trinajstić information content (AvgIpc) is 3.09. The van der Waals surface area contributed by atoms with Crippen LogP contribution in [0.2, 0.25) is 0 Å². The molecule has 1 unspecified atom stereocenters. The largest absolute Gasteiger partial charge is 0.380 e. The molecule has 0 fully saturated rings. The van der Waals surface area contributed by atoms with Crippen LogP contribution in [0.1, 0.15) is 12.0 Å². The van der Waals surface area contributed by atoms with Crippen molar-refractivity contribution < 1.29 is 9.53 Å². The van der Waals surface area contributed by atoms with E-state index in [-0.39, 0.29) is 30.8 Å². The first-order valence-corrected chi connectivity index (χ1v) is 8.23. The van der Waals surface area contributed by atoms with Gasteiger partial charge in [-0.2, -0.15) is 0 Å². The van der Waals surface area contributed by atoms with Crippen LogP contribution in [0, 0.1) is 0 Å². The second-order valence-corrected chi connectivity index (χ2v) is 5.87. The molecule has 0 aliphatic rings. The summed E-state index contributed by atoms with van der Waals surface area (Å²) in [5, 5.41) is 2.88. The number of H-pyrrole nitrogens is 1. The van der Waals surface area contributed by atoms with Gasteiger partial charge < -0.3 is 20.8 Å². The van der Waals surface area contributed by atoms with Gasteiger partial charge in [0.2, 0.25) is 5.91 Å². The number of hydrogen-bond donors (Lipinski definition) is 3. The fourth-order valence-electron chi connectivity index (χ4n) is 2.61. The molecular formula is C19H23ClN4O2. The van der Waals surface area contributed by atoms with Crippen molar-refractivity contribution in [2.75, 3.05) is 13.7 Å². The van der Waals surface area contributed by atoms with Crippen LogP contribution in [0.3, 0.4) is 0 Å². The summed E-state index contributed by atoms with van der Waals surface area (Å²) >= 11 is 0. The van der Waals surface area contributed by atoms with Crippen LogP contribution in [0.4, 0.5) is 0 Å². The number of methoxy groups -OCH3 is 1. The van der Waals surface area contributed by atoms with Crippen molar-refractivity contribution in [3.63, 3.8) is 0 Å². The maximum atomic E-state index is 11.9. The molecule has 6 nitrogen and oxygen atoms in total. The molecule has 0 aliphatic carbocycles. The molecule has 7 heteroatoms. The zero-order chi connectivity index (χ0) is 17.6. The third kappa shape index (κ3) is 4.82. The topological polar surface area (TPSA) is 93.0 Å². The number of carbonyl (C=O) groups is 1. The van der Waals surface area contributed by atoms with E-state index in [0.29, 0.717) is 13.1 Å². The zero-order valence-electron chi connectivity index (χ0n) is 14.6. The van der Waals surface area contributed by atoms with E-state index in [2.05, 4.69) is 15.3 Å². The Morgan fingerprint density at radius 3 is 2.62 bits per heavy atom. The fraction of sp³-hybridized carbons (Fsp3) is 0.263. The van der Waals surface area contributed by atoms with Crippen LogP contribution in [0.15, 0.2) is 48.5 Å². The lowest BCUT2D eigenvalue weighted by molar-refractivity contribution is -0.123. The van der Waals surface area contributed by atoms with E-state index in [1.807, 2.05) is 48.5 Å². The lowest BCUT2D eigenvalue weighted by Crippen LogP contribution is -2.31. The molecule has 3 aromatic rings. The first-order valence-electron chi connectivity index (χ1n) is 8.23. The van der Waals surface area contributed by atoms with Gasteiger partial charge in [0.1, 0.15) is 5.82 Å². The molecule has 138 valence electrons. The van der Waals surface area contributed by atoms with Crippen molar-refractivity contribution >= 4 is 29.3 Å². The van der Waals surface area contributed by atoms with Crippen LogP contribution in [-0.2, 0) is 16.1 Å². The number of ether oxygens (including phenoxy) is 1. The Morgan fingerprint density at radius 2 is 1.96 bits per heavy atom. The predicted octanol–water partition coefficient (Wildman–Crippen LogP) is 2.63. The van der Waals surface area contributed by atoms with Crippen molar-refractivity contribution in [1.82, 2.24) is 15.3 Å². The number of fused-ring (bicyclic) bond motifs is 1. The second kappa shape index (κ2) is 9.33. The number of para-hydroxylation sites is 2. The molecule has 0 saturated carbocycles. The number of imidazole rings is 1. The number of nitrogens with two attached hydrogens (primary N) is 1. The van der Waals surface area contributed by atoms with Gasteiger partial charge in [-0.1, -0.05) is 36.4 Å². The highest BCUT2D eigenvalue weighted by atomic mass is 35.5. The van der Waals surface area contributed by atoms with E-state index in [4.69, 9.17) is 10.5 Å². The Hall–Kier alpha value is -2.41. The molecular weight excluding hydrogens is 352 g/mol. The highest BCUT2D eigenvalue weighted by molar-refractivity contribution is 5.85. The number of aromatic nitrogens is 2. The SMILES string of the molecule is COC(CN)CC(=O)NCc1ccc(-c2nc3ccccc3[nH]2)cc1.Cl. The standard InChI is InChI=1S/C19H22N4O2.ClH/c1-25-15(11-20)10-18(24)21-12-13-6-8-14(9-7-13)19-22-16-4-2-3-5-17(16)23-19;/h2-9,15H,10-12,20H2,1H3,(H,21,24)(H,22,23);1H. The number of rotatable bonds is 7.